The molecule has 0 unspecified atom stereocenters. The molecule has 0 fully saturated rings. The molecule has 0 saturated heterocycles. The number of anilines is 1. The maximum absolute atomic E-state index is 13.0. The Labute approximate surface area is 211 Å². The maximum Gasteiger partial charge on any atom is 0.313 e. The Morgan fingerprint density at radius 3 is 2.37 bits per heavy atom. The minimum Gasteiger partial charge on any atom is -0.466 e. The summed E-state index contributed by atoms with van der Waals surface area (Å²) >= 11 is 2.74. The highest BCUT2D eigenvalue weighted by Crippen LogP contribution is 2.21. The van der Waals surface area contributed by atoms with Crippen LogP contribution in [-0.2, 0) is 19.1 Å². The number of amides is 2. The Morgan fingerprint density at radius 2 is 1.71 bits per heavy atom. The van der Waals surface area contributed by atoms with E-state index >= 15 is 0 Å². The zero-order chi connectivity index (χ0) is 25.0. The predicted molar refractivity (Wildman–Crippen MR) is 138 cm³/mol. The second kappa shape index (κ2) is 13.3. The van der Waals surface area contributed by atoms with Gasteiger partial charge in [0.05, 0.1) is 12.4 Å². The lowest BCUT2D eigenvalue weighted by molar-refractivity contribution is -0.145. The van der Waals surface area contributed by atoms with E-state index in [9.17, 15) is 19.2 Å². The molecule has 3 aromatic rings. The van der Waals surface area contributed by atoms with Gasteiger partial charge in [-0.15, -0.1) is 23.1 Å². The molecule has 7 nitrogen and oxygen atoms in total. The van der Waals surface area contributed by atoms with E-state index in [0.29, 0.717) is 11.3 Å². The lowest BCUT2D eigenvalue weighted by Crippen LogP contribution is -2.30. The Kier molecular flexibility index (Phi) is 9.82. The van der Waals surface area contributed by atoms with Crippen molar-refractivity contribution in [1.82, 2.24) is 5.32 Å². The highest BCUT2D eigenvalue weighted by molar-refractivity contribution is 8.00. The van der Waals surface area contributed by atoms with Crippen LogP contribution in [0.25, 0.3) is 6.08 Å². The molecule has 3 rings (SSSR count). The number of nitrogens with one attached hydrogen (secondary N) is 2. The number of benzene rings is 2. The van der Waals surface area contributed by atoms with Crippen LogP contribution in [0.2, 0.25) is 0 Å². The van der Waals surface area contributed by atoms with Crippen LogP contribution >= 0.6 is 23.1 Å². The van der Waals surface area contributed by atoms with Crippen LogP contribution in [0.4, 0.5) is 5.69 Å². The number of ketones is 1. The number of carbonyl (C=O) groups excluding carboxylic acids is 4. The molecule has 0 aliphatic heterocycles. The normalized spacial score (nSPS) is 10.9. The molecule has 0 bridgehead atoms. The molecule has 180 valence electrons. The fraction of sp³-hybridized carbons (Fsp3) is 0.154. The molecule has 2 aromatic carbocycles. The summed E-state index contributed by atoms with van der Waals surface area (Å²) < 4.78 is 4.78. The third-order valence-electron chi connectivity index (χ3n) is 4.52. The number of thioether (sulfide) groups is 1. The number of thiophene rings is 1. The maximum atomic E-state index is 13.0. The van der Waals surface area contributed by atoms with Crippen LogP contribution < -0.4 is 10.6 Å². The van der Waals surface area contributed by atoms with Crippen molar-refractivity contribution >= 4 is 58.4 Å². The second-order valence-electron chi connectivity index (χ2n) is 7.18. The molecular formula is C26H24N2O5S2. The monoisotopic (exact) mass is 508 g/mol. The van der Waals surface area contributed by atoms with Crippen molar-refractivity contribution < 1.29 is 23.9 Å². The van der Waals surface area contributed by atoms with Gasteiger partial charge >= 0.3 is 5.97 Å². The summed E-state index contributed by atoms with van der Waals surface area (Å²) in [5.74, 6) is -1.45. The van der Waals surface area contributed by atoms with Crippen molar-refractivity contribution in [2.75, 3.05) is 17.7 Å². The summed E-state index contributed by atoms with van der Waals surface area (Å²) in [6, 6.07) is 19.3. The summed E-state index contributed by atoms with van der Waals surface area (Å²) in [5.41, 5.74) is 1.09. The van der Waals surface area contributed by atoms with Crippen molar-refractivity contribution in [2.24, 2.45) is 0 Å². The molecular weight excluding hydrogens is 484 g/mol. The van der Waals surface area contributed by atoms with Gasteiger partial charge in [-0.1, -0.05) is 24.3 Å². The molecule has 0 atom stereocenters. The van der Waals surface area contributed by atoms with Gasteiger partial charge in [0.15, 0.2) is 5.78 Å². The van der Waals surface area contributed by atoms with Crippen LogP contribution in [0.3, 0.4) is 0 Å². The van der Waals surface area contributed by atoms with Gasteiger partial charge in [0.25, 0.3) is 11.8 Å². The third kappa shape index (κ3) is 8.55. The average Bonchev–Trinajstić information content (AvgIpc) is 3.37. The SMILES string of the molecule is CCOC(=O)CC(=O)CSc1ccc(NC(=O)/C(=C/c2cccs2)NC(=O)c2ccccc2)cc1. The van der Waals surface area contributed by atoms with E-state index < -0.39 is 11.9 Å². The minimum atomic E-state index is -0.526. The van der Waals surface area contributed by atoms with Crippen LogP contribution in [0.1, 0.15) is 28.6 Å². The van der Waals surface area contributed by atoms with Gasteiger partial charge in [0.1, 0.15) is 12.1 Å². The number of carbonyl (C=O) groups is 4. The number of hydrogen-bond donors (Lipinski definition) is 2. The summed E-state index contributed by atoms with van der Waals surface area (Å²) in [6.07, 6.45) is 1.38. The first kappa shape index (κ1) is 25.9. The molecule has 9 heteroatoms. The summed E-state index contributed by atoms with van der Waals surface area (Å²) in [6.45, 7) is 1.93. The fourth-order valence-electron chi connectivity index (χ4n) is 2.88. The number of ether oxygens (including phenoxy) is 1. The van der Waals surface area contributed by atoms with Crippen LogP contribution in [-0.4, -0.2) is 35.9 Å². The van der Waals surface area contributed by atoms with E-state index in [-0.39, 0.29) is 36.2 Å². The van der Waals surface area contributed by atoms with Crippen molar-refractivity contribution in [2.45, 2.75) is 18.2 Å². The van der Waals surface area contributed by atoms with Crippen LogP contribution in [0.15, 0.2) is 82.7 Å². The first-order chi connectivity index (χ1) is 16.9. The van der Waals surface area contributed by atoms with Crippen LogP contribution in [0, 0.1) is 0 Å². The highest BCUT2D eigenvalue weighted by atomic mass is 32.2. The average molecular weight is 509 g/mol. The van der Waals surface area contributed by atoms with Crippen molar-refractivity contribution in [1.29, 1.82) is 0 Å². The number of esters is 1. The smallest absolute Gasteiger partial charge is 0.313 e. The summed E-state index contributed by atoms with van der Waals surface area (Å²) in [7, 11) is 0. The molecule has 0 aliphatic carbocycles. The zero-order valence-corrected chi connectivity index (χ0v) is 20.6. The molecule has 0 aliphatic rings. The van der Waals surface area contributed by atoms with Gasteiger partial charge in [-0.25, -0.2) is 0 Å². The van der Waals surface area contributed by atoms with E-state index in [0.717, 1.165) is 9.77 Å². The van der Waals surface area contributed by atoms with Crippen molar-refractivity contribution in [3.63, 3.8) is 0 Å². The van der Waals surface area contributed by atoms with E-state index in [1.54, 1.807) is 61.5 Å². The quantitative estimate of drug-likeness (QED) is 0.167. The first-order valence-corrected chi connectivity index (χ1v) is 12.6. The molecule has 1 aromatic heterocycles. The molecule has 0 spiro atoms. The number of hydrogen-bond acceptors (Lipinski definition) is 7. The van der Waals surface area contributed by atoms with Crippen molar-refractivity contribution in [3.8, 4) is 0 Å². The van der Waals surface area contributed by atoms with E-state index in [4.69, 9.17) is 4.74 Å². The largest absolute Gasteiger partial charge is 0.466 e. The lowest BCUT2D eigenvalue weighted by atomic mass is 10.2. The molecule has 2 amide bonds. The Bertz CT molecular complexity index is 1190. The number of rotatable bonds is 11. The molecule has 35 heavy (non-hydrogen) atoms. The third-order valence-corrected chi connectivity index (χ3v) is 6.41. The first-order valence-electron chi connectivity index (χ1n) is 10.8. The Hall–Kier alpha value is -3.69. The molecule has 2 N–H and O–H groups in total. The van der Waals surface area contributed by atoms with Gasteiger partial charge in [0.2, 0.25) is 0 Å². The number of Topliss-reactive ketones (excluding diaryl/α,β-unsaturated/α-hetero) is 1. The standard InChI is InChI=1S/C26H24N2O5S2/c1-2-33-24(30)15-20(29)17-35-21-12-10-19(11-13-21)27-26(32)23(16-22-9-6-14-34-22)28-25(31)18-7-4-3-5-8-18/h3-14,16H,2,15,17H2,1H3,(H,27,32)(H,28,31)/b23-16-. The van der Waals surface area contributed by atoms with Crippen molar-refractivity contribution in [3.05, 3.63) is 88.2 Å². The van der Waals surface area contributed by atoms with Crippen LogP contribution in [0.5, 0.6) is 0 Å². The Balaban J connectivity index is 1.62. The topological polar surface area (TPSA) is 102 Å². The molecule has 0 saturated carbocycles. The predicted octanol–water partition coefficient (Wildman–Crippen LogP) is 4.77. The summed E-state index contributed by atoms with van der Waals surface area (Å²) in [4.78, 5) is 50.5. The highest BCUT2D eigenvalue weighted by Gasteiger charge is 2.16. The van der Waals surface area contributed by atoms with Gasteiger partial charge in [0, 0.05) is 21.0 Å². The summed E-state index contributed by atoms with van der Waals surface area (Å²) in [5, 5.41) is 7.37. The molecule has 0 radical (unpaired) electrons. The Morgan fingerprint density at radius 1 is 0.971 bits per heavy atom. The molecule has 1 heterocycles. The van der Waals surface area contributed by atoms with Gasteiger partial charge < -0.3 is 15.4 Å². The second-order valence-corrected chi connectivity index (χ2v) is 9.21. The van der Waals surface area contributed by atoms with Gasteiger partial charge in [-0.2, -0.15) is 0 Å². The fourth-order valence-corrected chi connectivity index (χ4v) is 4.29. The van der Waals surface area contributed by atoms with Gasteiger partial charge in [-0.3, -0.25) is 19.2 Å². The van der Waals surface area contributed by atoms with Gasteiger partial charge in [-0.05, 0) is 60.8 Å². The minimum absolute atomic E-state index is 0.115. The van der Waals surface area contributed by atoms with E-state index in [2.05, 4.69) is 10.6 Å². The lowest BCUT2D eigenvalue weighted by Gasteiger charge is -2.11. The zero-order valence-electron chi connectivity index (χ0n) is 19.0. The van der Waals surface area contributed by atoms with E-state index in [1.165, 1.54) is 23.1 Å². The van der Waals surface area contributed by atoms with E-state index in [1.807, 2.05) is 23.6 Å².